The van der Waals surface area contributed by atoms with Crippen LogP contribution in [-0.4, -0.2) is 28.0 Å². The van der Waals surface area contributed by atoms with Crippen LogP contribution in [0, 0.1) is 11.2 Å². The number of nitrogens with zero attached hydrogens (tertiary/aromatic N) is 2. The normalized spacial score (nSPS) is 14.0. The number of benzene rings is 2. The van der Waals surface area contributed by atoms with Crippen LogP contribution in [0.5, 0.6) is 11.5 Å². The Kier molecular flexibility index (Phi) is 8.91. The van der Waals surface area contributed by atoms with Crippen LogP contribution in [0.4, 0.5) is 4.39 Å². The molecule has 0 saturated carbocycles. The predicted octanol–water partition coefficient (Wildman–Crippen LogP) is 6.85. The van der Waals surface area contributed by atoms with E-state index in [0.29, 0.717) is 23.6 Å². The zero-order valence-corrected chi connectivity index (χ0v) is 21.7. The summed E-state index contributed by atoms with van der Waals surface area (Å²) in [6.07, 6.45) is 6.36. The molecule has 0 amide bonds. The minimum absolute atomic E-state index is 0.0652. The van der Waals surface area contributed by atoms with Gasteiger partial charge in [-0.2, -0.15) is 5.10 Å². The number of hydrogen-bond donors (Lipinski definition) is 1. The average Bonchev–Trinajstić information content (AvgIpc) is 3.44. The van der Waals surface area contributed by atoms with Crippen LogP contribution < -0.4 is 9.47 Å². The number of halogens is 1. The summed E-state index contributed by atoms with van der Waals surface area (Å²) >= 11 is 0. The maximum atomic E-state index is 14.9. The van der Waals surface area contributed by atoms with Crippen LogP contribution in [0.2, 0.25) is 0 Å². The molecule has 7 heteroatoms. The summed E-state index contributed by atoms with van der Waals surface area (Å²) in [5.41, 5.74) is 3.92. The van der Waals surface area contributed by atoms with Crippen molar-refractivity contribution < 1.29 is 23.8 Å². The van der Waals surface area contributed by atoms with Crippen molar-refractivity contribution in [3.05, 3.63) is 77.4 Å². The van der Waals surface area contributed by atoms with Crippen molar-refractivity contribution in [3.8, 4) is 17.2 Å². The first-order valence-electron chi connectivity index (χ1n) is 12.3. The third-order valence-corrected chi connectivity index (χ3v) is 6.25. The molecule has 1 heterocycles. The average molecular weight is 495 g/mol. The Morgan fingerprint density at radius 3 is 2.61 bits per heavy atom. The van der Waals surface area contributed by atoms with E-state index in [0.717, 1.165) is 35.2 Å². The fourth-order valence-corrected chi connectivity index (χ4v) is 4.35. The van der Waals surface area contributed by atoms with Gasteiger partial charge in [-0.3, -0.25) is 4.79 Å². The van der Waals surface area contributed by atoms with Crippen LogP contribution in [0.3, 0.4) is 0 Å². The molecule has 0 radical (unpaired) electrons. The zero-order chi connectivity index (χ0) is 26.3. The minimum Gasteiger partial charge on any atom is -0.497 e. The van der Waals surface area contributed by atoms with Crippen molar-refractivity contribution in [2.45, 2.75) is 60.0 Å². The van der Waals surface area contributed by atoms with Gasteiger partial charge in [-0.15, -0.1) is 0 Å². The van der Waals surface area contributed by atoms with E-state index in [1.165, 1.54) is 6.07 Å². The summed E-state index contributed by atoms with van der Waals surface area (Å²) in [7, 11) is 1.55. The molecule has 1 N–H and O–H groups in total. The lowest BCUT2D eigenvalue weighted by molar-refractivity contribution is -0.136. The third kappa shape index (κ3) is 6.14. The fraction of sp³-hybridized carbons (Fsp3) is 0.379. The van der Waals surface area contributed by atoms with E-state index in [-0.39, 0.29) is 24.3 Å². The van der Waals surface area contributed by atoms with Crippen molar-refractivity contribution in [2.24, 2.45) is 5.41 Å². The SMILES string of the molecule is CC.COc1ccc(F)c(-n2ncc(COc3cccc(CCC(=O)O)c3)c2C2=CCCC2(C)C)c1. The Hall–Kier alpha value is -3.61. The molecule has 4 rings (SSSR count). The lowest BCUT2D eigenvalue weighted by atomic mass is 9.83. The zero-order valence-electron chi connectivity index (χ0n) is 21.7. The monoisotopic (exact) mass is 494 g/mol. The standard InChI is InChI=1S/C27H29FN2O4.C2H6/c1-27(2)13-5-8-22(27)26-19(16-29-30(26)24-15-20(33-3)10-11-23(24)28)17-34-21-7-4-6-18(14-21)9-12-25(31)32;1-2/h4,6-8,10-11,14-16H,5,9,12-13,17H2,1-3H3,(H,31,32);1-2H3. The van der Waals surface area contributed by atoms with Crippen molar-refractivity contribution in [3.63, 3.8) is 0 Å². The summed E-state index contributed by atoms with van der Waals surface area (Å²) in [5.74, 6) is -0.0249. The van der Waals surface area contributed by atoms with E-state index < -0.39 is 5.97 Å². The number of ether oxygens (including phenoxy) is 2. The molecular formula is C29H35FN2O4. The van der Waals surface area contributed by atoms with Gasteiger partial charge in [0.1, 0.15) is 29.6 Å². The van der Waals surface area contributed by atoms with Gasteiger partial charge in [-0.05, 0) is 60.1 Å². The first-order valence-corrected chi connectivity index (χ1v) is 12.3. The third-order valence-electron chi connectivity index (χ3n) is 6.25. The number of carbonyl (C=O) groups is 1. The fourth-order valence-electron chi connectivity index (χ4n) is 4.35. The topological polar surface area (TPSA) is 73.6 Å². The van der Waals surface area contributed by atoms with Crippen LogP contribution in [-0.2, 0) is 17.8 Å². The number of allylic oxidation sites excluding steroid dienone is 2. The van der Waals surface area contributed by atoms with Gasteiger partial charge in [0, 0.05) is 18.1 Å². The Morgan fingerprint density at radius 2 is 1.94 bits per heavy atom. The van der Waals surface area contributed by atoms with E-state index in [9.17, 15) is 9.18 Å². The number of aliphatic carboxylic acids is 1. The van der Waals surface area contributed by atoms with Gasteiger partial charge >= 0.3 is 5.97 Å². The molecule has 0 bridgehead atoms. The van der Waals surface area contributed by atoms with E-state index in [1.807, 2.05) is 38.1 Å². The van der Waals surface area contributed by atoms with E-state index in [2.05, 4.69) is 25.0 Å². The summed E-state index contributed by atoms with van der Waals surface area (Å²) in [6, 6.07) is 12.0. The second-order valence-electron chi connectivity index (χ2n) is 9.12. The largest absolute Gasteiger partial charge is 0.497 e. The van der Waals surface area contributed by atoms with Crippen molar-refractivity contribution >= 4 is 11.5 Å². The molecule has 2 aromatic carbocycles. The molecule has 0 atom stereocenters. The Bertz CT molecular complexity index is 1230. The number of rotatable bonds is 9. The summed E-state index contributed by atoms with van der Waals surface area (Å²) < 4.78 is 27.9. The molecule has 1 aromatic heterocycles. The highest BCUT2D eigenvalue weighted by Crippen LogP contribution is 2.45. The lowest BCUT2D eigenvalue weighted by Crippen LogP contribution is -2.15. The lowest BCUT2D eigenvalue weighted by Gasteiger charge is -2.24. The van der Waals surface area contributed by atoms with Crippen molar-refractivity contribution in [1.29, 1.82) is 0 Å². The smallest absolute Gasteiger partial charge is 0.303 e. The minimum atomic E-state index is -0.833. The maximum absolute atomic E-state index is 14.9. The number of carboxylic acid groups (broad SMARTS) is 1. The summed E-state index contributed by atoms with van der Waals surface area (Å²) in [5, 5.41) is 13.5. The second kappa shape index (κ2) is 11.9. The number of carboxylic acids is 1. The molecule has 0 saturated heterocycles. The molecule has 0 spiro atoms. The van der Waals surface area contributed by atoms with E-state index in [4.69, 9.17) is 14.6 Å². The molecule has 1 aliphatic rings. The van der Waals surface area contributed by atoms with Gasteiger partial charge in [0.05, 0.1) is 19.0 Å². The number of aromatic nitrogens is 2. The van der Waals surface area contributed by atoms with Gasteiger partial charge in [-0.1, -0.05) is 45.9 Å². The number of aryl methyl sites for hydroxylation is 1. The highest BCUT2D eigenvalue weighted by atomic mass is 19.1. The number of methoxy groups -OCH3 is 1. The van der Waals surface area contributed by atoms with Crippen LogP contribution in [0.1, 0.15) is 63.8 Å². The molecule has 192 valence electrons. The predicted molar refractivity (Wildman–Crippen MR) is 139 cm³/mol. The van der Waals surface area contributed by atoms with Crippen LogP contribution in [0.15, 0.2) is 54.7 Å². The highest BCUT2D eigenvalue weighted by molar-refractivity contribution is 5.73. The molecular weight excluding hydrogens is 459 g/mol. The number of hydrogen-bond acceptors (Lipinski definition) is 4. The van der Waals surface area contributed by atoms with Crippen LogP contribution >= 0.6 is 0 Å². The van der Waals surface area contributed by atoms with Gasteiger partial charge in [-0.25, -0.2) is 9.07 Å². The Labute approximate surface area is 212 Å². The Balaban J connectivity index is 0.00000176. The molecule has 1 aliphatic carbocycles. The first-order chi connectivity index (χ1) is 17.3. The molecule has 3 aromatic rings. The van der Waals surface area contributed by atoms with Gasteiger partial charge in [0.25, 0.3) is 0 Å². The molecule has 0 aliphatic heterocycles. The summed E-state index contributed by atoms with van der Waals surface area (Å²) in [4.78, 5) is 10.9. The molecule has 0 fully saturated rings. The first kappa shape index (κ1) is 27.0. The highest BCUT2D eigenvalue weighted by Gasteiger charge is 2.33. The summed E-state index contributed by atoms with van der Waals surface area (Å²) in [6.45, 7) is 8.61. The molecule has 36 heavy (non-hydrogen) atoms. The maximum Gasteiger partial charge on any atom is 0.303 e. The molecule has 0 unspecified atom stereocenters. The van der Waals surface area contributed by atoms with E-state index >= 15 is 0 Å². The van der Waals surface area contributed by atoms with Gasteiger partial charge < -0.3 is 14.6 Å². The second-order valence-corrected chi connectivity index (χ2v) is 9.12. The van der Waals surface area contributed by atoms with Crippen molar-refractivity contribution in [2.75, 3.05) is 7.11 Å². The van der Waals surface area contributed by atoms with Gasteiger partial charge in [0.2, 0.25) is 0 Å². The van der Waals surface area contributed by atoms with Crippen molar-refractivity contribution in [1.82, 2.24) is 9.78 Å². The molecule has 6 nitrogen and oxygen atoms in total. The Morgan fingerprint density at radius 1 is 1.17 bits per heavy atom. The van der Waals surface area contributed by atoms with Gasteiger partial charge in [0.15, 0.2) is 0 Å². The van der Waals surface area contributed by atoms with Crippen LogP contribution in [0.25, 0.3) is 11.3 Å². The van der Waals surface area contributed by atoms with E-state index in [1.54, 1.807) is 30.1 Å². The quantitative estimate of drug-likeness (QED) is 0.352.